The van der Waals surface area contributed by atoms with Crippen LogP contribution < -0.4 is 0 Å². The zero-order chi connectivity index (χ0) is 10.6. The van der Waals surface area contributed by atoms with Crippen molar-refractivity contribution < 1.29 is 0 Å². The van der Waals surface area contributed by atoms with Crippen LogP contribution in [0.3, 0.4) is 0 Å². The van der Waals surface area contributed by atoms with Crippen molar-refractivity contribution in [2.75, 3.05) is 0 Å². The van der Waals surface area contributed by atoms with Crippen LogP contribution in [-0.2, 0) is 0 Å². The first-order valence-electron chi connectivity index (χ1n) is 5.08. The molecule has 1 aromatic heterocycles. The summed E-state index contributed by atoms with van der Waals surface area (Å²) in [7, 11) is 0. The molecule has 1 N–H and O–H groups in total. The lowest BCUT2D eigenvalue weighted by molar-refractivity contribution is 0.868. The van der Waals surface area contributed by atoms with Crippen LogP contribution in [0.2, 0.25) is 0 Å². The number of nitrogens with one attached hydrogen (secondary N) is 1. The molecule has 14 heavy (non-hydrogen) atoms. The number of hydrogen-bond donors (Lipinski definition) is 1. The highest BCUT2D eigenvalue weighted by atomic mass is 15.3. The first-order chi connectivity index (χ1) is 6.77. The number of benzene rings is 1. The molecule has 3 nitrogen and oxygen atoms in total. The van der Waals surface area contributed by atoms with Crippen molar-refractivity contribution in [3.8, 4) is 0 Å². The minimum Gasteiger partial charge on any atom is -0.197 e. The number of fused-ring (bicyclic) bond motifs is 1. The van der Waals surface area contributed by atoms with Crippen molar-refractivity contribution in [2.45, 2.75) is 33.6 Å². The van der Waals surface area contributed by atoms with Gasteiger partial charge in [0.05, 0.1) is 0 Å². The quantitative estimate of drug-likeness (QED) is 0.752. The lowest BCUT2D eigenvalue weighted by Crippen LogP contribution is -1.85. The van der Waals surface area contributed by atoms with Crippen LogP contribution in [0.5, 0.6) is 0 Å². The van der Waals surface area contributed by atoms with E-state index in [1.54, 1.807) is 0 Å². The van der Waals surface area contributed by atoms with Crippen LogP contribution in [0.4, 0.5) is 0 Å². The average molecular weight is 191 g/mol. The van der Waals surface area contributed by atoms with Crippen LogP contribution in [0, 0.1) is 0 Å². The lowest BCUT2D eigenvalue weighted by Gasteiger charge is -2.02. The Kier molecular flexibility index (Phi) is 3.63. The topological polar surface area (TPSA) is 41.6 Å². The molecule has 0 unspecified atom stereocenters. The normalized spacial score (nSPS) is 10.1. The molecular weight excluding hydrogens is 174 g/mol. The predicted molar refractivity (Wildman–Crippen MR) is 59.3 cm³/mol. The Morgan fingerprint density at radius 1 is 1.07 bits per heavy atom. The van der Waals surface area contributed by atoms with Gasteiger partial charge in [-0.25, -0.2) is 0 Å². The average Bonchev–Trinajstić information content (AvgIpc) is 2.67. The third-order valence-corrected chi connectivity index (χ3v) is 2.01. The highest BCUT2D eigenvalue weighted by Crippen LogP contribution is 2.17. The van der Waals surface area contributed by atoms with Crippen molar-refractivity contribution in [1.82, 2.24) is 15.4 Å². The molecule has 0 bridgehead atoms. The van der Waals surface area contributed by atoms with Gasteiger partial charge in [-0.2, -0.15) is 15.4 Å². The van der Waals surface area contributed by atoms with Gasteiger partial charge in [-0.3, -0.25) is 0 Å². The summed E-state index contributed by atoms with van der Waals surface area (Å²) in [4.78, 5) is 0. The predicted octanol–water partition coefficient (Wildman–Crippen LogP) is 3.11. The number of nitrogens with zero attached hydrogens (tertiary/aromatic N) is 2. The molecule has 0 saturated carbocycles. The Morgan fingerprint density at radius 3 is 2.36 bits per heavy atom. The second-order valence-electron chi connectivity index (χ2n) is 3.23. The van der Waals surface area contributed by atoms with Crippen LogP contribution in [0.1, 0.15) is 39.2 Å². The van der Waals surface area contributed by atoms with Crippen LogP contribution in [-0.4, -0.2) is 15.4 Å². The SMILES string of the molecule is CC.CC(C)c1ccc2n[nH]nc2c1. The molecule has 2 aromatic rings. The third-order valence-electron chi connectivity index (χ3n) is 2.01. The summed E-state index contributed by atoms with van der Waals surface area (Å²) in [5, 5.41) is 10.6. The zero-order valence-electron chi connectivity index (χ0n) is 9.20. The van der Waals surface area contributed by atoms with E-state index < -0.39 is 0 Å². The Bertz CT molecular complexity index is 390. The van der Waals surface area contributed by atoms with Crippen molar-refractivity contribution in [3.63, 3.8) is 0 Å². The van der Waals surface area contributed by atoms with E-state index in [4.69, 9.17) is 0 Å². The summed E-state index contributed by atoms with van der Waals surface area (Å²) >= 11 is 0. The van der Waals surface area contributed by atoms with Crippen molar-refractivity contribution in [3.05, 3.63) is 23.8 Å². The molecule has 0 amide bonds. The van der Waals surface area contributed by atoms with Gasteiger partial charge in [0, 0.05) is 0 Å². The Balaban J connectivity index is 0.000000461. The van der Waals surface area contributed by atoms with Gasteiger partial charge < -0.3 is 0 Å². The molecule has 0 saturated heterocycles. The van der Waals surface area contributed by atoms with Crippen LogP contribution >= 0.6 is 0 Å². The van der Waals surface area contributed by atoms with Gasteiger partial charge in [0.1, 0.15) is 11.0 Å². The van der Waals surface area contributed by atoms with Gasteiger partial charge in [0.25, 0.3) is 0 Å². The molecule has 1 aromatic carbocycles. The fraction of sp³-hybridized carbons (Fsp3) is 0.455. The zero-order valence-corrected chi connectivity index (χ0v) is 9.20. The minimum atomic E-state index is 0.547. The van der Waals surface area contributed by atoms with Gasteiger partial charge in [0.2, 0.25) is 0 Å². The van der Waals surface area contributed by atoms with E-state index in [2.05, 4.69) is 41.4 Å². The summed E-state index contributed by atoms with van der Waals surface area (Å²) < 4.78 is 0. The molecule has 0 aliphatic rings. The van der Waals surface area contributed by atoms with Crippen LogP contribution in [0.15, 0.2) is 18.2 Å². The summed E-state index contributed by atoms with van der Waals surface area (Å²) in [6.45, 7) is 8.34. The van der Waals surface area contributed by atoms with E-state index in [1.807, 2.05) is 19.9 Å². The van der Waals surface area contributed by atoms with E-state index in [-0.39, 0.29) is 0 Å². The highest BCUT2D eigenvalue weighted by Gasteiger charge is 2.02. The fourth-order valence-electron chi connectivity index (χ4n) is 1.22. The maximum Gasteiger partial charge on any atom is 0.113 e. The summed E-state index contributed by atoms with van der Waals surface area (Å²) in [5.41, 5.74) is 3.18. The van der Waals surface area contributed by atoms with Crippen molar-refractivity contribution >= 4 is 11.0 Å². The second kappa shape index (κ2) is 4.74. The molecule has 2 rings (SSSR count). The monoisotopic (exact) mass is 191 g/mol. The molecule has 0 aliphatic heterocycles. The standard InChI is InChI=1S/C9H11N3.C2H6/c1-6(2)7-3-4-8-9(5-7)11-12-10-8;1-2/h3-6H,1-2H3,(H,10,11,12);1-2H3. The first kappa shape index (κ1) is 10.7. The Hall–Kier alpha value is -1.38. The first-order valence-corrected chi connectivity index (χ1v) is 5.08. The van der Waals surface area contributed by atoms with Crippen LogP contribution in [0.25, 0.3) is 11.0 Å². The maximum absolute atomic E-state index is 4.03. The van der Waals surface area contributed by atoms with E-state index >= 15 is 0 Å². The smallest absolute Gasteiger partial charge is 0.113 e. The molecule has 0 fully saturated rings. The summed E-state index contributed by atoms with van der Waals surface area (Å²) in [6.07, 6.45) is 0. The molecule has 76 valence electrons. The van der Waals surface area contributed by atoms with Gasteiger partial charge in [0.15, 0.2) is 0 Å². The lowest BCUT2D eigenvalue weighted by atomic mass is 10.0. The number of rotatable bonds is 1. The Labute approximate surface area is 84.5 Å². The molecule has 0 aliphatic carbocycles. The van der Waals surface area contributed by atoms with Crippen molar-refractivity contribution in [1.29, 1.82) is 0 Å². The fourth-order valence-corrected chi connectivity index (χ4v) is 1.22. The van der Waals surface area contributed by atoms with E-state index in [1.165, 1.54) is 5.56 Å². The highest BCUT2D eigenvalue weighted by molar-refractivity contribution is 5.74. The van der Waals surface area contributed by atoms with E-state index in [0.717, 1.165) is 11.0 Å². The number of H-pyrrole nitrogens is 1. The molecular formula is C11H17N3. The minimum absolute atomic E-state index is 0.547. The van der Waals surface area contributed by atoms with E-state index in [9.17, 15) is 0 Å². The molecule has 3 heteroatoms. The second-order valence-corrected chi connectivity index (χ2v) is 3.23. The largest absolute Gasteiger partial charge is 0.197 e. The number of aromatic amines is 1. The number of aromatic nitrogens is 3. The van der Waals surface area contributed by atoms with E-state index in [0.29, 0.717) is 5.92 Å². The maximum atomic E-state index is 4.03. The van der Waals surface area contributed by atoms with Gasteiger partial charge in [-0.1, -0.05) is 33.8 Å². The van der Waals surface area contributed by atoms with Gasteiger partial charge in [-0.15, -0.1) is 0 Å². The Morgan fingerprint density at radius 2 is 1.71 bits per heavy atom. The third kappa shape index (κ3) is 2.10. The summed E-state index contributed by atoms with van der Waals surface area (Å²) in [6, 6.07) is 6.16. The van der Waals surface area contributed by atoms with Gasteiger partial charge >= 0.3 is 0 Å². The summed E-state index contributed by atoms with van der Waals surface area (Å²) in [5.74, 6) is 0.547. The molecule has 0 atom stereocenters. The molecule has 0 radical (unpaired) electrons. The van der Waals surface area contributed by atoms with Crippen molar-refractivity contribution in [2.24, 2.45) is 0 Å². The molecule has 0 spiro atoms. The molecule has 1 heterocycles. The number of hydrogen-bond acceptors (Lipinski definition) is 2. The van der Waals surface area contributed by atoms with Gasteiger partial charge in [-0.05, 0) is 23.6 Å².